The third-order valence-electron chi connectivity index (χ3n) is 3.26. The van der Waals surface area contributed by atoms with Gasteiger partial charge in [-0.3, -0.25) is 10.1 Å². The molecule has 18 heavy (non-hydrogen) atoms. The smallest absolute Gasteiger partial charge is 0.288 e. The summed E-state index contributed by atoms with van der Waals surface area (Å²) in [4.78, 5) is 16.4. The summed E-state index contributed by atoms with van der Waals surface area (Å²) >= 11 is 3.33. The molecule has 1 heterocycles. The number of nitrogens with zero attached hydrogens (tertiary/aromatic N) is 3. The maximum Gasteiger partial charge on any atom is 0.288 e. The molecule has 1 fully saturated rings. The minimum Gasteiger partial charge on any atom is -0.354 e. The molecular formula is C11H15BrN4O2. The van der Waals surface area contributed by atoms with Gasteiger partial charge in [0, 0.05) is 25.7 Å². The highest BCUT2D eigenvalue weighted by atomic mass is 79.9. The second-order valence-corrected chi connectivity index (χ2v) is 5.36. The SMILES string of the molecule is CN(c1ncc([N+](=O)[O-])cc1Br)C(CN)C1CC1. The van der Waals surface area contributed by atoms with Crippen LogP contribution < -0.4 is 10.6 Å². The van der Waals surface area contributed by atoms with E-state index in [4.69, 9.17) is 5.73 Å². The molecule has 0 bridgehead atoms. The number of nitrogens with two attached hydrogens (primary N) is 1. The number of pyridine rings is 1. The normalized spacial score (nSPS) is 16.4. The molecule has 98 valence electrons. The van der Waals surface area contributed by atoms with E-state index >= 15 is 0 Å². The molecule has 1 saturated carbocycles. The van der Waals surface area contributed by atoms with Crippen molar-refractivity contribution in [1.29, 1.82) is 0 Å². The second-order valence-electron chi connectivity index (χ2n) is 4.51. The van der Waals surface area contributed by atoms with Gasteiger partial charge in [0.05, 0.1) is 9.40 Å². The van der Waals surface area contributed by atoms with E-state index in [0.29, 0.717) is 22.8 Å². The molecule has 1 unspecified atom stereocenters. The molecule has 1 aromatic rings. The van der Waals surface area contributed by atoms with Gasteiger partial charge in [-0.05, 0) is 34.7 Å². The topological polar surface area (TPSA) is 85.3 Å². The number of aromatic nitrogens is 1. The highest BCUT2D eigenvalue weighted by Crippen LogP contribution is 2.37. The zero-order valence-corrected chi connectivity index (χ0v) is 11.6. The van der Waals surface area contributed by atoms with E-state index in [1.165, 1.54) is 25.1 Å². The first kappa shape index (κ1) is 13.2. The fourth-order valence-corrected chi connectivity index (χ4v) is 2.70. The lowest BCUT2D eigenvalue weighted by atomic mass is 10.1. The summed E-state index contributed by atoms with van der Waals surface area (Å²) in [7, 11) is 1.93. The van der Waals surface area contributed by atoms with Gasteiger partial charge in [-0.25, -0.2) is 4.98 Å². The molecule has 1 aliphatic rings. The van der Waals surface area contributed by atoms with Crippen molar-refractivity contribution >= 4 is 27.4 Å². The Kier molecular flexibility index (Phi) is 3.82. The number of hydrogen-bond donors (Lipinski definition) is 1. The average molecular weight is 315 g/mol. The van der Waals surface area contributed by atoms with Crippen molar-refractivity contribution in [3.8, 4) is 0 Å². The van der Waals surface area contributed by atoms with Gasteiger partial charge in [0.25, 0.3) is 5.69 Å². The molecule has 1 aromatic heterocycles. The van der Waals surface area contributed by atoms with Crippen LogP contribution in [0.5, 0.6) is 0 Å². The zero-order chi connectivity index (χ0) is 13.3. The van der Waals surface area contributed by atoms with Crippen molar-refractivity contribution in [2.75, 3.05) is 18.5 Å². The molecule has 0 radical (unpaired) electrons. The van der Waals surface area contributed by atoms with Crippen LogP contribution in [-0.4, -0.2) is 29.5 Å². The van der Waals surface area contributed by atoms with Crippen LogP contribution in [0.25, 0.3) is 0 Å². The van der Waals surface area contributed by atoms with Crippen LogP contribution in [0, 0.1) is 16.0 Å². The van der Waals surface area contributed by atoms with Gasteiger partial charge in [0.2, 0.25) is 0 Å². The summed E-state index contributed by atoms with van der Waals surface area (Å²) in [5.41, 5.74) is 5.77. The predicted molar refractivity (Wildman–Crippen MR) is 72.6 cm³/mol. The lowest BCUT2D eigenvalue weighted by Crippen LogP contribution is -2.40. The fraction of sp³-hybridized carbons (Fsp3) is 0.545. The first-order chi connectivity index (χ1) is 8.54. The monoisotopic (exact) mass is 314 g/mol. The van der Waals surface area contributed by atoms with E-state index in [9.17, 15) is 10.1 Å². The molecule has 2 rings (SSSR count). The summed E-state index contributed by atoms with van der Waals surface area (Å²) in [5, 5.41) is 10.7. The van der Waals surface area contributed by atoms with Crippen LogP contribution in [0.3, 0.4) is 0 Å². The van der Waals surface area contributed by atoms with Gasteiger partial charge in [-0.15, -0.1) is 0 Å². The summed E-state index contributed by atoms with van der Waals surface area (Å²) < 4.78 is 0.623. The summed E-state index contributed by atoms with van der Waals surface area (Å²) in [5.74, 6) is 1.31. The number of halogens is 1. The third kappa shape index (κ3) is 2.62. The Balaban J connectivity index is 2.24. The van der Waals surface area contributed by atoms with Crippen LogP contribution in [0.15, 0.2) is 16.7 Å². The Bertz CT molecular complexity index is 464. The van der Waals surface area contributed by atoms with Crippen LogP contribution in [0.1, 0.15) is 12.8 Å². The van der Waals surface area contributed by atoms with Gasteiger partial charge >= 0.3 is 0 Å². The maximum atomic E-state index is 10.7. The van der Waals surface area contributed by atoms with E-state index in [1.807, 2.05) is 11.9 Å². The summed E-state index contributed by atoms with van der Waals surface area (Å²) in [6.45, 7) is 0.562. The molecule has 6 nitrogen and oxygen atoms in total. The molecule has 0 spiro atoms. The average Bonchev–Trinajstić information content (AvgIpc) is 3.14. The van der Waals surface area contributed by atoms with E-state index in [1.54, 1.807) is 0 Å². The minimum atomic E-state index is -0.456. The van der Waals surface area contributed by atoms with Crippen LogP contribution in [0.4, 0.5) is 11.5 Å². The van der Waals surface area contributed by atoms with E-state index in [0.717, 1.165) is 0 Å². The Morgan fingerprint density at radius 1 is 1.72 bits per heavy atom. The Labute approximate surface area is 113 Å². The number of hydrogen-bond acceptors (Lipinski definition) is 5. The fourth-order valence-electron chi connectivity index (χ4n) is 2.08. The van der Waals surface area contributed by atoms with Crippen molar-refractivity contribution in [2.45, 2.75) is 18.9 Å². The van der Waals surface area contributed by atoms with Crippen molar-refractivity contribution in [3.63, 3.8) is 0 Å². The standard InChI is InChI=1S/C11H15BrN4O2/c1-15(10(5-13)7-2-3-7)11-9(12)4-8(6-14-11)16(17)18/h4,6-7,10H,2-3,5,13H2,1H3. The van der Waals surface area contributed by atoms with E-state index in [-0.39, 0.29) is 11.7 Å². The molecule has 1 aliphatic carbocycles. The van der Waals surface area contributed by atoms with Crippen molar-refractivity contribution < 1.29 is 4.92 Å². The second kappa shape index (κ2) is 5.19. The third-order valence-corrected chi connectivity index (χ3v) is 3.84. The van der Waals surface area contributed by atoms with Gasteiger partial charge < -0.3 is 10.6 Å². The largest absolute Gasteiger partial charge is 0.354 e. The minimum absolute atomic E-state index is 0.0188. The molecule has 0 aliphatic heterocycles. The summed E-state index contributed by atoms with van der Waals surface area (Å²) in [6.07, 6.45) is 3.66. The van der Waals surface area contributed by atoms with Crippen LogP contribution in [-0.2, 0) is 0 Å². The molecule has 1 atom stereocenters. The zero-order valence-electron chi connectivity index (χ0n) is 10.0. The molecule has 0 aromatic carbocycles. The van der Waals surface area contributed by atoms with E-state index < -0.39 is 4.92 Å². The number of anilines is 1. The van der Waals surface area contributed by atoms with Crippen molar-refractivity contribution in [1.82, 2.24) is 4.98 Å². The van der Waals surface area contributed by atoms with Gasteiger partial charge in [0.1, 0.15) is 12.0 Å². The van der Waals surface area contributed by atoms with E-state index in [2.05, 4.69) is 20.9 Å². The highest BCUT2D eigenvalue weighted by molar-refractivity contribution is 9.10. The molecule has 0 amide bonds. The first-order valence-corrected chi connectivity index (χ1v) is 6.56. The maximum absolute atomic E-state index is 10.7. The Morgan fingerprint density at radius 2 is 2.39 bits per heavy atom. The number of likely N-dealkylation sites (N-methyl/N-ethyl adjacent to an activating group) is 1. The van der Waals surface area contributed by atoms with Gasteiger partial charge in [-0.1, -0.05) is 0 Å². The quantitative estimate of drug-likeness (QED) is 0.663. The predicted octanol–water partition coefficient (Wildman–Crippen LogP) is 1.93. The first-order valence-electron chi connectivity index (χ1n) is 5.77. The number of rotatable bonds is 5. The highest BCUT2D eigenvalue weighted by Gasteiger charge is 2.34. The lowest BCUT2D eigenvalue weighted by molar-refractivity contribution is -0.385. The van der Waals surface area contributed by atoms with Crippen molar-refractivity contribution in [2.24, 2.45) is 11.7 Å². The summed E-state index contributed by atoms with van der Waals surface area (Å²) in [6, 6.07) is 1.72. The van der Waals surface area contributed by atoms with Crippen LogP contribution >= 0.6 is 15.9 Å². The molecular weight excluding hydrogens is 300 g/mol. The Morgan fingerprint density at radius 3 is 2.83 bits per heavy atom. The Hall–Kier alpha value is -1.21. The van der Waals surface area contributed by atoms with Crippen LogP contribution in [0.2, 0.25) is 0 Å². The molecule has 2 N–H and O–H groups in total. The van der Waals surface area contributed by atoms with Gasteiger partial charge in [-0.2, -0.15) is 0 Å². The van der Waals surface area contributed by atoms with Gasteiger partial charge in [0.15, 0.2) is 0 Å². The van der Waals surface area contributed by atoms with Crippen molar-refractivity contribution in [3.05, 3.63) is 26.9 Å². The molecule has 0 saturated heterocycles. The number of nitro groups is 1. The lowest BCUT2D eigenvalue weighted by Gasteiger charge is -2.28. The molecule has 7 heteroatoms.